The summed E-state index contributed by atoms with van der Waals surface area (Å²) in [5.74, 6) is -5.36. The lowest BCUT2D eigenvalue weighted by Crippen LogP contribution is -2.36. The van der Waals surface area contributed by atoms with Gasteiger partial charge in [-0.2, -0.15) is 0 Å². The molecule has 2 aromatic rings. The Kier molecular flexibility index (Phi) is 5.12. The molecule has 0 unspecified atom stereocenters. The first kappa shape index (κ1) is 19.8. The molecule has 0 radical (unpaired) electrons. The van der Waals surface area contributed by atoms with Gasteiger partial charge in [-0.3, -0.25) is 19.3 Å². The number of nitrogens with one attached hydrogen (secondary N) is 1. The summed E-state index contributed by atoms with van der Waals surface area (Å²) in [6, 6.07) is 6.43. The minimum atomic E-state index is -1.74. The van der Waals surface area contributed by atoms with Gasteiger partial charge in [-0.15, -0.1) is 0 Å². The number of fused-ring (bicyclic) bond motifs is 1. The average Bonchev–Trinajstić information content (AvgIpc) is 3.28. The molecule has 30 heavy (non-hydrogen) atoms. The Hall–Kier alpha value is -3.47. The Balaban J connectivity index is 1.46. The van der Waals surface area contributed by atoms with Crippen LogP contribution < -0.4 is 14.8 Å². The maximum Gasteiger partial charge on any atom is 0.294 e. The van der Waals surface area contributed by atoms with Crippen molar-refractivity contribution in [2.24, 2.45) is 0 Å². The fourth-order valence-corrected chi connectivity index (χ4v) is 3.58. The van der Waals surface area contributed by atoms with E-state index in [9.17, 15) is 27.6 Å². The predicted octanol–water partition coefficient (Wildman–Crippen LogP) is 3.51. The van der Waals surface area contributed by atoms with Crippen LogP contribution in [0, 0.1) is 17.5 Å². The lowest BCUT2D eigenvalue weighted by Gasteiger charge is -2.13. The second-order valence-electron chi connectivity index (χ2n) is 6.15. The largest absolute Gasteiger partial charge is 0.454 e. The number of imide groups is 1. The highest BCUT2D eigenvalue weighted by molar-refractivity contribution is 8.18. The van der Waals surface area contributed by atoms with Crippen molar-refractivity contribution in [3.8, 4) is 11.5 Å². The second kappa shape index (κ2) is 7.75. The van der Waals surface area contributed by atoms with Crippen molar-refractivity contribution < 1.29 is 37.0 Å². The predicted molar refractivity (Wildman–Crippen MR) is 100 cm³/mol. The van der Waals surface area contributed by atoms with Crippen LogP contribution in [0.4, 0.5) is 23.7 Å². The van der Waals surface area contributed by atoms with E-state index in [1.165, 1.54) is 6.08 Å². The van der Waals surface area contributed by atoms with Crippen molar-refractivity contribution in [1.29, 1.82) is 0 Å². The minimum Gasteiger partial charge on any atom is -0.454 e. The van der Waals surface area contributed by atoms with Crippen LogP contribution in [-0.2, 0) is 9.59 Å². The summed E-state index contributed by atoms with van der Waals surface area (Å²) in [6.45, 7) is -0.634. The van der Waals surface area contributed by atoms with Gasteiger partial charge < -0.3 is 14.8 Å². The fourth-order valence-electron chi connectivity index (χ4n) is 2.75. The molecule has 4 rings (SSSR count). The second-order valence-corrected chi connectivity index (χ2v) is 7.14. The number of nitrogens with zero attached hydrogens (tertiary/aromatic N) is 1. The lowest BCUT2D eigenvalue weighted by molar-refractivity contribution is -0.127. The molecule has 0 aromatic heterocycles. The first-order chi connectivity index (χ1) is 14.3. The highest BCUT2D eigenvalue weighted by Gasteiger charge is 2.36. The van der Waals surface area contributed by atoms with Crippen LogP contribution in [0.25, 0.3) is 6.08 Å². The van der Waals surface area contributed by atoms with Gasteiger partial charge in [0.2, 0.25) is 12.7 Å². The number of ether oxygens (including phenoxy) is 2. The molecule has 1 fully saturated rings. The standard InChI is InChI=1S/C19H11F3N2O5S/c20-10-2-3-11(17(22)16(10)21)23-15(25)7-24-18(26)14(30-19(24)27)6-9-1-4-12-13(5-9)29-8-28-12/h1-6H,7-8H2,(H,23,25)/b14-6+. The zero-order valence-corrected chi connectivity index (χ0v) is 15.7. The van der Waals surface area contributed by atoms with E-state index in [0.717, 1.165) is 6.07 Å². The summed E-state index contributed by atoms with van der Waals surface area (Å²) in [4.78, 5) is 37.5. The Morgan fingerprint density at radius 2 is 1.87 bits per heavy atom. The van der Waals surface area contributed by atoms with Crippen LogP contribution in [0.15, 0.2) is 35.2 Å². The maximum atomic E-state index is 13.7. The number of rotatable bonds is 4. The summed E-state index contributed by atoms with van der Waals surface area (Å²) < 4.78 is 50.4. The van der Waals surface area contributed by atoms with E-state index in [0.29, 0.717) is 39.8 Å². The van der Waals surface area contributed by atoms with Crippen LogP contribution >= 0.6 is 11.8 Å². The van der Waals surface area contributed by atoms with Gasteiger partial charge >= 0.3 is 0 Å². The van der Waals surface area contributed by atoms with Crippen molar-refractivity contribution in [2.45, 2.75) is 0 Å². The zero-order chi connectivity index (χ0) is 21.4. The quantitative estimate of drug-likeness (QED) is 0.583. The van der Waals surface area contributed by atoms with Gasteiger partial charge in [0.25, 0.3) is 11.1 Å². The van der Waals surface area contributed by atoms with Crippen molar-refractivity contribution in [1.82, 2.24) is 4.90 Å². The van der Waals surface area contributed by atoms with Gasteiger partial charge in [-0.25, -0.2) is 13.2 Å². The molecule has 7 nitrogen and oxygen atoms in total. The van der Waals surface area contributed by atoms with Crippen molar-refractivity contribution in [3.05, 3.63) is 58.3 Å². The first-order valence-electron chi connectivity index (χ1n) is 8.42. The number of hydrogen-bond acceptors (Lipinski definition) is 6. The Morgan fingerprint density at radius 1 is 1.10 bits per heavy atom. The third kappa shape index (κ3) is 3.71. The van der Waals surface area contributed by atoms with Crippen LogP contribution in [-0.4, -0.2) is 35.3 Å². The van der Waals surface area contributed by atoms with Gasteiger partial charge in [-0.05, 0) is 47.7 Å². The molecule has 1 saturated heterocycles. The highest BCUT2D eigenvalue weighted by atomic mass is 32.2. The van der Waals surface area contributed by atoms with Gasteiger partial charge in [0, 0.05) is 0 Å². The zero-order valence-electron chi connectivity index (χ0n) is 14.9. The summed E-state index contributed by atoms with van der Waals surface area (Å²) >= 11 is 0.629. The normalized spacial score (nSPS) is 16.5. The van der Waals surface area contributed by atoms with E-state index in [4.69, 9.17) is 9.47 Å². The Morgan fingerprint density at radius 3 is 2.67 bits per heavy atom. The molecule has 11 heteroatoms. The van der Waals surface area contributed by atoms with E-state index in [1.807, 2.05) is 5.32 Å². The monoisotopic (exact) mass is 436 g/mol. The molecule has 3 amide bonds. The Bertz CT molecular complexity index is 1120. The maximum absolute atomic E-state index is 13.7. The Labute approximate surface area is 171 Å². The molecule has 0 saturated carbocycles. The number of thioether (sulfide) groups is 1. The van der Waals surface area contributed by atoms with Crippen LogP contribution in [0.2, 0.25) is 0 Å². The number of carbonyl (C=O) groups excluding carboxylic acids is 3. The topological polar surface area (TPSA) is 84.9 Å². The summed E-state index contributed by atoms with van der Waals surface area (Å²) in [5, 5.41) is 1.31. The molecular weight excluding hydrogens is 425 g/mol. The van der Waals surface area contributed by atoms with Crippen LogP contribution in [0.3, 0.4) is 0 Å². The number of halogens is 3. The summed E-state index contributed by atoms with van der Waals surface area (Å²) in [7, 11) is 0. The van der Waals surface area contributed by atoms with E-state index >= 15 is 0 Å². The average molecular weight is 436 g/mol. The molecular formula is C19H11F3N2O5S. The van der Waals surface area contributed by atoms with Gasteiger partial charge in [0.15, 0.2) is 29.0 Å². The van der Waals surface area contributed by atoms with Crippen molar-refractivity contribution >= 4 is 40.6 Å². The third-order valence-electron chi connectivity index (χ3n) is 4.18. The minimum absolute atomic E-state index is 0.0747. The lowest BCUT2D eigenvalue weighted by atomic mass is 10.2. The van der Waals surface area contributed by atoms with Crippen LogP contribution in [0.1, 0.15) is 5.56 Å². The van der Waals surface area contributed by atoms with E-state index in [1.54, 1.807) is 18.2 Å². The van der Waals surface area contributed by atoms with Gasteiger partial charge in [0.05, 0.1) is 10.6 Å². The molecule has 2 aliphatic rings. The molecule has 0 bridgehead atoms. The SMILES string of the molecule is O=C(CN1C(=O)S/C(=C/c2ccc3c(c2)OCO3)C1=O)Nc1ccc(F)c(F)c1F. The molecule has 1 N–H and O–H groups in total. The van der Waals surface area contributed by atoms with Crippen molar-refractivity contribution in [3.63, 3.8) is 0 Å². The van der Waals surface area contributed by atoms with E-state index in [2.05, 4.69) is 0 Å². The number of amides is 3. The molecule has 0 spiro atoms. The number of hydrogen-bond donors (Lipinski definition) is 1. The molecule has 2 heterocycles. The van der Waals surface area contributed by atoms with Crippen LogP contribution in [0.5, 0.6) is 11.5 Å². The molecule has 2 aliphatic heterocycles. The number of benzene rings is 2. The molecule has 154 valence electrons. The van der Waals surface area contributed by atoms with Gasteiger partial charge in [0.1, 0.15) is 6.54 Å². The molecule has 0 atom stereocenters. The first-order valence-corrected chi connectivity index (χ1v) is 9.23. The summed E-state index contributed by atoms with van der Waals surface area (Å²) in [6.07, 6.45) is 1.46. The van der Waals surface area contributed by atoms with E-state index in [-0.39, 0.29) is 11.7 Å². The smallest absolute Gasteiger partial charge is 0.294 e. The number of carbonyl (C=O) groups is 3. The molecule has 2 aromatic carbocycles. The van der Waals surface area contributed by atoms with Crippen molar-refractivity contribution in [2.75, 3.05) is 18.7 Å². The summed E-state index contributed by atoms with van der Waals surface area (Å²) in [5.41, 5.74) is -0.0279. The van der Waals surface area contributed by atoms with Gasteiger partial charge in [-0.1, -0.05) is 6.07 Å². The van der Waals surface area contributed by atoms with E-state index < -0.39 is 46.7 Å². The fraction of sp³-hybridized carbons (Fsp3) is 0.105. The highest BCUT2D eigenvalue weighted by Crippen LogP contribution is 2.36. The number of anilines is 1. The molecule has 0 aliphatic carbocycles. The third-order valence-corrected chi connectivity index (χ3v) is 5.09.